The molecule has 0 bridgehead atoms. The highest BCUT2D eigenvalue weighted by Gasteiger charge is 2.18. The molecule has 1 N–H and O–H groups in total. The monoisotopic (exact) mass is 265 g/mol. The summed E-state index contributed by atoms with van der Waals surface area (Å²) in [6.45, 7) is 1.83. The first-order valence-corrected chi connectivity index (χ1v) is 6.85. The lowest BCUT2D eigenvalue weighted by atomic mass is 10.3. The van der Waals surface area contributed by atoms with Crippen molar-refractivity contribution in [3.63, 3.8) is 0 Å². The van der Waals surface area contributed by atoms with Crippen molar-refractivity contribution in [1.29, 1.82) is 0 Å². The second-order valence-electron chi connectivity index (χ2n) is 3.33. The molecule has 0 spiro atoms. The number of hydrogen-bond donors (Lipinski definition) is 1. The minimum absolute atomic E-state index is 0.0393. The molecule has 0 fully saturated rings. The summed E-state index contributed by atoms with van der Waals surface area (Å²) in [5.74, 6) is -0.264. The highest BCUT2D eigenvalue weighted by molar-refractivity contribution is 7.89. The minimum Gasteiger partial charge on any atom is -0.207 e. The molecule has 90 valence electrons. The molecule has 0 saturated carbocycles. The highest BCUT2D eigenvalue weighted by Crippen LogP contribution is 2.11. The molecule has 1 atom stereocenters. The largest absolute Gasteiger partial charge is 0.240 e. The molecule has 0 aliphatic rings. The molecule has 1 unspecified atom stereocenters. The maximum atomic E-state index is 12.6. The number of hydrogen-bond acceptors (Lipinski definition) is 2. The first kappa shape index (κ1) is 13.4. The fraction of sp³-hybridized carbons (Fsp3) is 0.400. The van der Waals surface area contributed by atoms with E-state index in [2.05, 4.69) is 4.72 Å². The van der Waals surface area contributed by atoms with Gasteiger partial charge >= 0.3 is 0 Å². The summed E-state index contributed by atoms with van der Waals surface area (Å²) >= 11 is 5.60. The first-order chi connectivity index (χ1) is 7.49. The summed E-state index contributed by atoms with van der Waals surface area (Å²) < 4.78 is 38.6. The maximum absolute atomic E-state index is 12.6. The number of nitrogens with one attached hydrogen (secondary N) is 1. The summed E-state index contributed by atoms with van der Waals surface area (Å²) in [6, 6.07) is 4.35. The SMILES string of the molecule is CCC(CCl)NS(=O)(=O)c1ccc(F)cc1. The number of alkyl halides is 1. The Morgan fingerprint density at radius 1 is 1.38 bits per heavy atom. The van der Waals surface area contributed by atoms with Gasteiger partial charge in [0, 0.05) is 11.9 Å². The zero-order chi connectivity index (χ0) is 12.2. The third-order valence-electron chi connectivity index (χ3n) is 2.12. The molecule has 0 saturated heterocycles. The lowest BCUT2D eigenvalue weighted by Gasteiger charge is -2.13. The average Bonchev–Trinajstić information content (AvgIpc) is 2.26. The van der Waals surface area contributed by atoms with Crippen molar-refractivity contribution in [3.8, 4) is 0 Å². The number of sulfonamides is 1. The van der Waals surface area contributed by atoms with Gasteiger partial charge in [-0.3, -0.25) is 0 Å². The Balaban J connectivity index is 2.89. The Kier molecular flexibility index (Phi) is 4.70. The summed E-state index contributed by atoms with van der Waals surface area (Å²) in [5.41, 5.74) is 0. The summed E-state index contributed by atoms with van der Waals surface area (Å²) in [4.78, 5) is 0.0393. The van der Waals surface area contributed by atoms with Crippen LogP contribution in [0.25, 0.3) is 0 Å². The van der Waals surface area contributed by atoms with Crippen LogP contribution in [0.5, 0.6) is 0 Å². The van der Waals surface area contributed by atoms with Crippen molar-refractivity contribution < 1.29 is 12.8 Å². The van der Waals surface area contributed by atoms with Crippen molar-refractivity contribution in [2.75, 3.05) is 5.88 Å². The van der Waals surface area contributed by atoms with E-state index in [4.69, 9.17) is 11.6 Å². The van der Waals surface area contributed by atoms with Gasteiger partial charge in [0.05, 0.1) is 4.90 Å². The molecule has 0 aliphatic carbocycles. The number of halogens is 2. The van der Waals surface area contributed by atoms with E-state index in [1.54, 1.807) is 0 Å². The number of rotatable bonds is 5. The Labute approximate surface area is 99.7 Å². The van der Waals surface area contributed by atoms with E-state index in [1.165, 1.54) is 12.1 Å². The molecule has 6 heteroatoms. The smallest absolute Gasteiger partial charge is 0.207 e. The van der Waals surface area contributed by atoms with Gasteiger partial charge in [-0.1, -0.05) is 6.92 Å². The van der Waals surface area contributed by atoms with Crippen LogP contribution >= 0.6 is 11.6 Å². The van der Waals surface area contributed by atoms with E-state index in [9.17, 15) is 12.8 Å². The number of benzene rings is 1. The lowest BCUT2D eigenvalue weighted by Crippen LogP contribution is -2.35. The molecule has 0 heterocycles. The van der Waals surface area contributed by atoms with Crippen LogP contribution < -0.4 is 4.72 Å². The zero-order valence-corrected chi connectivity index (χ0v) is 10.4. The molecule has 1 rings (SSSR count). The fourth-order valence-electron chi connectivity index (χ4n) is 1.13. The highest BCUT2D eigenvalue weighted by atomic mass is 35.5. The van der Waals surface area contributed by atoms with Crippen LogP contribution in [0.15, 0.2) is 29.2 Å². The first-order valence-electron chi connectivity index (χ1n) is 4.83. The normalized spacial score (nSPS) is 13.7. The van der Waals surface area contributed by atoms with Crippen molar-refractivity contribution in [2.24, 2.45) is 0 Å². The van der Waals surface area contributed by atoms with Gasteiger partial charge < -0.3 is 0 Å². The molecular weight excluding hydrogens is 253 g/mol. The fourth-order valence-corrected chi connectivity index (χ4v) is 2.83. The molecule has 16 heavy (non-hydrogen) atoms. The maximum Gasteiger partial charge on any atom is 0.240 e. The standard InChI is InChI=1S/C10H13ClFNO2S/c1-2-9(7-11)13-16(14,15)10-5-3-8(12)4-6-10/h3-6,9,13H,2,7H2,1H3. The molecule has 0 aliphatic heterocycles. The zero-order valence-electron chi connectivity index (χ0n) is 8.78. The van der Waals surface area contributed by atoms with Gasteiger partial charge in [0.1, 0.15) is 5.82 Å². The van der Waals surface area contributed by atoms with Crippen LogP contribution in [0.3, 0.4) is 0 Å². The van der Waals surface area contributed by atoms with E-state index in [0.29, 0.717) is 6.42 Å². The predicted octanol–water partition coefficient (Wildman–Crippen LogP) is 2.12. The van der Waals surface area contributed by atoms with Gasteiger partial charge in [0.15, 0.2) is 0 Å². The molecule has 0 amide bonds. The van der Waals surface area contributed by atoms with Crippen molar-refractivity contribution in [2.45, 2.75) is 24.3 Å². The van der Waals surface area contributed by atoms with Gasteiger partial charge in [-0.25, -0.2) is 17.5 Å². The Bertz CT molecular complexity index is 429. The van der Waals surface area contributed by atoms with Crippen LogP contribution in [0.2, 0.25) is 0 Å². The summed E-state index contributed by atoms with van der Waals surface area (Å²) in [7, 11) is -3.60. The van der Waals surface area contributed by atoms with E-state index >= 15 is 0 Å². The summed E-state index contributed by atoms with van der Waals surface area (Å²) in [6.07, 6.45) is 0.601. The quantitative estimate of drug-likeness (QED) is 0.829. The Morgan fingerprint density at radius 2 is 1.94 bits per heavy atom. The van der Waals surface area contributed by atoms with Gasteiger partial charge in [0.2, 0.25) is 10.0 Å². The predicted molar refractivity (Wildman–Crippen MR) is 61.5 cm³/mol. The lowest BCUT2D eigenvalue weighted by molar-refractivity contribution is 0.557. The van der Waals surface area contributed by atoms with Gasteiger partial charge in [-0.2, -0.15) is 0 Å². The second kappa shape index (κ2) is 5.61. The Hall–Kier alpha value is -0.650. The third-order valence-corrected chi connectivity index (χ3v) is 4.03. The van der Waals surface area contributed by atoms with E-state index in [1.807, 2.05) is 6.92 Å². The van der Waals surface area contributed by atoms with Gasteiger partial charge in [-0.05, 0) is 30.7 Å². The molecule has 0 radical (unpaired) electrons. The Morgan fingerprint density at radius 3 is 2.38 bits per heavy atom. The average molecular weight is 266 g/mol. The van der Waals surface area contributed by atoms with Crippen LogP contribution in [-0.4, -0.2) is 20.3 Å². The third kappa shape index (κ3) is 3.43. The second-order valence-corrected chi connectivity index (χ2v) is 5.36. The molecule has 1 aromatic rings. The minimum atomic E-state index is -3.60. The van der Waals surface area contributed by atoms with Crippen molar-refractivity contribution >= 4 is 21.6 Å². The van der Waals surface area contributed by atoms with E-state index < -0.39 is 15.8 Å². The molecule has 1 aromatic carbocycles. The van der Waals surface area contributed by atoms with Crippen molar-refractivity contribution in [3.05, 3.63) is 30.1 Å². The van der Waals surface area contributed by atoms with Gasteiger partial charge in [0.25, 0.3) is 0 Å². The van der Waals surface area contributed by atoms with E-state index in [-0.39, 0.29) is 16.8 Å². The summed E-state index contributed by atoms with van der Waals surface area (Å²) in [5, 5.41) is 0. The van der Waals surface area contributed by atoms with Gasteiger partial charge in [-0.15, -0.1) is 11.6 Å². The topological polar surface area (TPSA) is 46.2 Å². The van der Waals surface area contributed by atoms with E-state index in [0.717, 1.165) is 12.1 Å². The van der Waals surface area contributed by atoms with Crippen LogP contribution in [0.4, 0.5) is 4.39 Å². The molecule has 3 nitrogen and oxygen atoms in total. The molecule has 0 aromatic heterocycles. The van der Waals surface area contributed by atoms with Crippen LogP contribution in [-0.2, 0) is 10.0 Å². The van der Waals surface area contributed by atoms with Crippen molar-refractivity contribution in [1.82, 2.24) is 4.72 Å². The van der Waals surface area contributed by atoms with Crippen LogP contribution in [0, 0.1) is 5.82 Å². The molecular formula is C10H13ClFNO2S. The van der Waals surface area contributed by atoms with Crippen LogP contribution in [0.1, 0.15) is 13.3 Å².